The molecule has 5 aromatic rings. The van der Waals surface area contributed by atoms with Gasteiger partial charge in [-0.15, -0.1) is 0 Å². The number of anilines is 2. The summed E-state index contributed by atoms with van der Waals surface area (Å²) >= 11 is 0. The molecule has 0 radical (unpaired) electrons. The molecule has 0 saturated carbocycles. The second-order valence-corrected chi connectivity index (χ2v) is 8.91. The Bertz CT molecular complexity index is 1440. The first-order valence-electron chi connectivity index (χ1n) is 12.8. The lowest BCUT2D eigenvalue weighted by atomic mass is 9.95. The van der Waals surface area contributed by atoms with Gasteiger partial charge in [0.1, 0.15) is 11.5 Å². The van der Waals surface area contributed by atoms with Gasteiger partial charge in [0.05, 0.1) is 31.8 Å². The summed E-state index contributed by atoms with van der Waals surface area (Å²) in [4.78, 5) is 0. The van der Waals surface area contributed by atoms with Crippen LogP contribution in [0, 0.1) is 0 Å². The van der Waals surface area contributed by atoms with E-state index in [-0.39, 0.29) is 0 Å². The standard InChI is InChI=1S/C35H30N2O2/c1-38-33-21-17-31(18-22-33)37(32-19-23-34(39-2)24-20-32)36-26-28-15-13-27(14-16-28)25-35(29-9-5-3-6-10-29)30-11-7-4-8-12-30/h3-26H,1-2H3/b36-26+. The van der Waals surface area contributed by atoms with Crippen LogP contribution >= 0.6 is 0 Å². The van der Waals surface area contributed by atoms with Gasteiger partial charge in [0.25, 0.3) is 0 Å². The van der Waals surface area contributed by atoms with Crippen LogP contribution in [0.3, 0.4) is 0 Å². The summed E-state index contributed by atoms with van der Waals surface area (Å²) in [5.74, 6) is 1.60. The van der Waals surface area contributed by atoms with Crippen molar-refractivity contribution >= 4 is 29.2 Å². The molecule has 0 aliphatic carbocycles. The predicted octanol–water partition coefficient (Wildman–Crippen LogP) is 8.46. The Balaban J connectivity index is 1.43. The molecule has 0 aliphatic heterocycles. The molecule has 0 unspecified atom stereocenters. The lowest BCUT2D eigenvalue weighted by Crippen LogP contribution is -2.09. The number of nitrogens with zero attached hydrogens (tertiary/aromatic N) is 2. The molecule has 0 saturated heterocycles. The Morgan fingerprint density at radius 1 is 0.538 bits per heavy atom. The van der Waals surface area contributed by atoms with E-state index in [0.29, 0.717) is 0 Å². The van der Waals surface area contributed by atoms with E-state index in [4.69, 9.17) is 14.6 Å². The fraction of sp³-hybridized carbons (Fsp3) is 0.0571. The molecule has 0 aromatic heterocycles. The summed E-state index contributed by atoms with van der Waals surface area (Å²) in [5, 5.41) is 6.74. The topological polar surface area (TPSA) is 34.1 Å². The maximum Gasteiger partial charge on any atom is 0.119 e. The van der Waals surface area contributed by atoms with Gasteiger partial charge in [0.15, 0.2) is 0 Å². The molecule has 5 aromatic carbocycles. The third kappa shape index (κ3) is 6.43. The quantitative estimate of drug-likeness (QED) is 0.113. The second kappa shape index (κ2) is 12.4. The number of ether oxygens (including phenoxy) is 2. The highest BCUT2D eigenvalue weighted by Crippen LogP contribution is 2.29. The summed E-state index contributed by atoms with van der Waals surface area (Å²) in [7, 11) is 3.33. The number of hydrogen-bond acceptors (Lipinski definition) is 4. The molecule has 192 valence electrons. The molecule has 0 spiro atoms. The van der Waals surface area contributed by atoms with Crippen LogP contribution in [0.25, 0.3) is 11.6 Å². The average Bonchev–Trinajstić information content (AvgIpc) is 3.02. The SMILES string of the molecule is COc1ccc(N(/N=C/c2ccc(C=C(c3ccccc3)c3ccccc3)cc2)c2ccc(OC)cc2)cc1. The van der Waals surface area contributed by atoms with Crippen molar-refractivity contribution in [2.75, 3.05) is 19.2 Å². The van der Waals surface area contributed by atoms with Crippen LogP contribution in [0.15, 0.2) is 139 Å². The minimum atomic E-state index is 0.798. The third-order valence-electron chi connectivity index (χ3n) is 6.37. The zero-order valence-electron chi connectivity index (χ0n) is 22.1. The number of benzene rings is 5. The van der Waals surface area contributed by atoms with Gasteiger partial charge in [0.2, 0.25) is 0 Å². The van der Waals surface area contributed by atoms with Crippen LogP contribution in [-0.2, 0) is 0 Å². The third-order valence-corrected chi connectivity index (χ3v) is 6.37. The van der Waals surface area contributed by atoms with Crippen molar-refractivity contribution in [3.63, 3.8) is 0 Å². The first kappa shape index (κ1) is 25.6. The van der Waals surface area contributed by atoms with Gasteiger partial charge in [-0.3, -0.25) is 0 Å². The molecule has 0 atom stereocenters. The summed E-state index contributed by atoms with van der Waals surface area (Å²) < 4.78 is 10.7. The number of hydrogen-bond donors (Lipinski definition) is 0. The Kier molecular flexibility index (Phi) is 8.15. The Labute approximate surface area is 230 Å². The average molecular weight is 511 g/mol. The van der Waals surface area contributed by atoms with Gasteiger partial charge in [-0.05, 0) is 82.4 Å². The fourth-order valence-corrected chi connectivity index (χ4v) is 4.27. The highest BCUT2D eigenvalue weighted by atomic mass is 16.5. The van der Waals surface area contributed by atoms with Crippen molar-refractivity contribution in [3.8, 4) is 11.5 Å². The van der Waals surface area contributed by atoms with Crippen molar-refractivity contribution in [1.82, 2.24) is 0 Å². The number of rotatable bonds is 9. The van der Waals surface area contributed by atoms with Crippen LogP contribution in [0.1, 0.15) is 22.3 Å². The maximum atomic E-state index is 5.33. The highest BCUT2D eigenvalue weighted by Gasteiger charge is 2.09. The van der Waals surface area contributed by atoms with Gasteiger partial charge in [-0.1, -0.05) is 84.9 Å². The van der Waals surface area contributed by atoms with Crippen LogP contribution in [0.5, 0.6) is 11.5 Å². The summed E-state index contributed by atoms with van der Waals surface area (Å²) in [6, 6.07) is 45.1. The number of methoxy groups -OCH3 is 2. The molecule has 0 aliphatic rings. The van der Waals surface area contributed by atoms with E-state index in [0.717, 1.165) is 34.0 Å². The van der Waals surface area contributed by atoms with Gasteiger partial charge < -0.3 is 9.47 Å². The summed E-state index contributed by atoms with van der Waals surface area (Å²) in [5.41, 5.74) is 7.52. The van der Waals surface area contributed by atoms with Crippen LogP contribution in [0.4, 0.5) is 11.4 Å². The Hall–Kier alpha value is -5.09. The van der Waals surface area contributed by atoms with E-state index in [1.807, 2.05) is 71.9 Å². The van der Waals surface area contributed by atoms with Crippen molar-refractivity contribution in [2.45, 2.75) is 0 Å². The van der Waals surface area contributed by atoms with Gasteiger partial charge in [-0.2, -0.15) is 5.10 Å². The second-order valence-electron chi connectivity index (χ2n) is 8.91. The normalized spacial score (nSPS) is 10.7. The summed E-state index contributed by atoms with van der Waals surface area (Å²) in [6.07, 6.45) is 4.10. The van der Waals surface area contributed by atoms with Crippen molar-refractivity contribution in [2.24, 2.45) is 5.10 Å². The van der Waals surface area contributed by atoms with Crippen molar-refractivity contribution in [1.29, 1.82) is 0 Å². The predicted molar refractivity (Wildman–Crippen MR) is 162 cm³/mol. The monoisotopic (exact) mass is 510 g/mol. The molecule has 0 heterocycles. The zero-order valence-corrected chi connectivity index (χ0v) is 22.1. The Morgan fingerprint density at radius 3 is 1.41 bits per heavy atom. The van der Waals surface area contributed by atoms with E-state index in [9.17, 15) is 0 Å². The lowest BCUT2D eigenvalue weighted by Gasteiger charge is -2.20. The first-order valence-corrected chi connectivity index (χ1v) is 12.8. The van der Waals surface area contributed by atoms with E-state index in [2.05, 4.69) is 78.9 Å². The summed E-state index contributed by atoms with van der Waals surface area (Å²) in [6.45, 7) is 0. The van der Waals surface area contributed by atoms with E-state index in [1.165, 1.54) is 16.7 Å². The molecule has 39 heavy (non-hydrogen) atoms. The van der Waals surface area contributed by atoms with Crippen molar-refractivity contribution in [3.05, 3.63) is 156 Å². The van der Waals surface area contributed by atoms with E-state index in [1.54, 1.807) is 14.2 Å². The maximum absolute atomic E-state index is 5.33. The van der Waals surface area contributed by atoms with Crippen LogP contribution in [0.2, 0.25) is 0 Å². The molecule has 5 rings (SSSR count). The van der Waals surface area contributed by atoms with Crippen LogP contribution in [-0.4, -0.2) is 20.4 Å². The minimum absolute atomic E-state index is 0.798. The molecule has 0 fully saturated rings. The smallest absolute Gasteiger partial charge is 0.119 e. The Morgan fingerprint density at radius 2 is 0.974 bits per heavy atom. The highest BCUT2D eigenvalue weighted by molar-refractivity contribution is 5.92. The van der Waals surface area contributed by atoms with Crippen LogP contribution < -0.4 is 14.5 Å². The molecular weight excluding hydrogens is 480 g/mol. The molecule has 0 bridgehead atoms. The van der Waals surface area contributed by atoms with Gasteiger partial charge >= 0.3 is 0 Å². The number of hydrazone groups is 1. The largest absolute Gasteiger partial charge is 0.497 e. The molecule has 0 amide bonds. The van der Waals surface area contributed by atoms with Crippen molar-refractivity contribution < 1.29 is 9.47 Å². The fourth-order valence-electron chi connectivity index (χ4n) is 4.27. The molecule has 0 N–H and O–H groups in total. The lowest BCUT2D eigenvalue weighted by molar-refractivity contribution is 0.415. The van der Waals surface area contributed by atoms with Gasteiger partial charge in [0, 0.05) is 0 Å². The first-order chi connectivity index (χ1) is 19.2. The minimum Gasteiger partial charge on any atom is -0.497 e. The van der Waals surface area contributed by atoms with E-state index < -0.39 is 0 Å². The molecule has 4 nitrogen and oxygen atoms in total. The van der Waals surface area contributed by atoms with Gasteiger partial charge in [-0.25, -0.2) is 5.01 Å². The molecule has 4 heteroatoms. The zero-order chi connectivity index (χ0) is 26.9. The molecular formula is C35H30N2O2. The van der Waals surface area contributed by atoms with E-state index >= 15 is 0 Å².